The third-order valence-electron chi connectivity index (χ3n) is 21.7. The molecule has 5 atom stereocenters. The minimum atomic E-state index is -1.13. The molecule has 1 saturated heterocycles. The number of carbonyl (C=O) groups excluding carboxylic acids is 4. The second kappa shape index (κ2) is 61.8. The number of aromatic nitrogens is 31. The molecule has 5 unspecified atom stereocenters. The minimum Gasteiger partial charge on any atom is -0.512 e. The van der Waals surface area contributed by atoms with E-state index < -0.39 is 18.0 Å². The number of ketones is 3. The van der Waals surface area contributed by atoms with Crippen molar-refractivity contribution in [3.8, 4) is 96.9 Å². The molecule has 2 saturated carbocycles. The van der Waals surface area contributed by atoms with Gasteiger partial charge in [-0.2, -0.15) is 26.5 Å². The van der Waals surface area contributed by atoms with Crippen LogP contribution in [-0.2, 0) is 131 Å². The Bertz CT molecular complexity index is 7290. The van der Waals surface area contributed by atoms with Crippen molar-refractivity contribution in [2.75, 3.05) is 6.61 Å². The molecule has 3 N–H and O–H groups in total. The summed E-state index contributed by atoms with van der Waals surface area (Å²) in [5.74, 6) is 3.22. The maximum atomic E-state index is 11.5. The normalized spacial score (nSPS) is 14.8. The van der Waals surface area contributed by atoms with Gasteiger partial charge < -0.3 is 48.1 Å². The van der Waals surface area contributed by atoms with Crippen LogP contribution < -0.4 is 0 Å². The molecule has 6 aromatic carbocycles. The standard InChI is InChI=1S/C20H21N4.C16H10N5S.C16H11N2O.C11H14N5O.C10H7N8.C8H5N6O3.C6H5NO2.2C5H8O2.4CH4.4Ir.Rh/c1-14-11-12-15(2)19(14)24-20(21-22-23-24)18-10-6-9-17(13-18)16-7-4-3-5-8-16;1-2-6-12(7-3-1)13-8-4-5-9-15(13)21-16(18-19-20-21)14-10-22-11-17-14;1-18-9-8-17-16(18)11-6-7-15-13(10-11)12-4-2-3-5-14(12)19-15;1-8-4-2-3-5-10(8)16-11(12-14-15-16)9-6-7-17-13-9;1-7-2-3-11-5-9(7)18-10(15-16-17-18)8-4-13-14-6-12-8;15-5-3-17-7(16)6(5)14-8(10-11-12-14)13-2-1-9-4-13;8-6(9)5-3-1-2-4-7-5;2*1-4(6)3-5(2)7;;;;;;;;;/h3-9,13-15,19H,11-12H2,1-2H3;1-9,11H;2-5,7-10H,1H3;7-8,10H,2-5H2,1H3;2-3,5-6H,1H3;1,4,6H,3H2;1-4H,(H,8,9);2*3,6H,1-2H3;4*1H4;;;;;/q6*-1;;;;;;;;;;;;. The van der Waals surface area contributed by atoms with Gasteiger partial charge in [0.05, 0.1) is 58.2 Å². The molecule has 0 amide bonds. The zero-order valence-corrected chi connectivity index (χ0v) is 90.5. The molecule has 19 aromatic rings. The zero-order valence-electron chi connectivity index (χ0n) is 78.5. The molecule has 13 aromatic heterocycles. The van der Waals surface area contributed by atoms with Crippen LogP contribution in [0.2, 0.25) is 0 Å². The van der Waals surface area contributed by atoms with Crippen LogP contribution in [-0.4, -0.2) is 207 Å². The Kier molecular flexibility index (Phi) is 51.7. The fraction of sp³-hybridized carbons (Fsp3) is 0.257. The summed E-state index contributed by atoms with van der Waals surface area (Å²) < 4.78 is 26.8. The summed E-state index contributed by atoms with van der Waals surface area (Å²) in [4.78, 5) is 77.1. The number of para-hydroxylation sites is 2. The van der Waals surface area contributed by atoms with E-state index in [1.807, 2.05) is 113 Å². The maximum absolute atomic E-state index is 11.5. The predicted molar refractivity (Wildman–Crippen MR) is 533 cm³/mol. The minimum absolute atomic E-state index is 0. The molecule has 2 aliphatic carbocycles. The van der Waals surface area contributed by atoms with Crippen LogP contribution >= 0.6 is 11.3 Å². The van der Waals surface area contributed by atoms with Gasteiger partial charge >= 0.3 is 11.9 Å². The van der Waals surface area contributed by atoms with Gasteiger partial charge in [-0.15, -0.1) is 64.3 Å². The van der Waals surface area contributed by atoms with Gasteiger partial charge in [-0.25, -0.2) is 34.1 Å². The fourth-order valence-electron chi connectivity index (χ4n) is 15.2. The first-order chi connectivity index (χ1) is 68.0. The molecule has 14 heterocycles. The number of furan rings is 1. The van der Waals surface area contributed by atoms with Crippen LogP contribution in [0.5, 0.6) is 0 Å². The first-order valence-corrected chi connectivity index (χ1v) is 44.5. The smallest absolute Gasteiger partial charge is 0.354 e. The average Bonchev–Trinajstić information content (AvgIpc) is 1.60. The molecule has 48 heteroatoms. The van der Waals surface area contributed by atoms with E-state index in [2.05, 4.69) is 251 Å². The van der Waals surface area contributed by atoms with Gasteiger partial charge in [0.2, 0.25) is 11.8 Å². The Labute approximate surface area is 929 Å². The molecule has 787 valence electrons. The van der Waals surface area contributed by atoms with E-state index in [0.29, 0.717) is 64.4 Å². The van der Waals surface area contributed by atoms with Crippen LogP contribution in [0.25, 0.3) is 119 Å². The van der Waals surface area contributed by atoms with Crippen molar-refractivity contribution in [1.82, 2.24) is 155 Å². The summed E-state index contributed by atoms with van der Waals surface area (Å²) in [7, 11) is 1.98. The second-order valence-electron chi connectivity index (χ2n) is 31.7. The topological polar surface area (TPSA) is 525 Å². The van der Waals surface area contributed by atoms with Gasteiger partial charge in [-0.3, -0.25) is 59.8 Å². The molecular formula is C101H105Ir4N31O11RhS-6. The first-order valence-electron chi connectivity index (χ1n) is 43.6. The number of benzene rings is 6. The van der Waals surface area contributed by atoms with E-state index in [1.165, 1.54) is 131 Å². The Morgan fingerprint density at radius 2 is 1.16 bits per heavy atom. The monoisotopic (exact) mass is 2830 g/mol. The van der Waals surface area contributed by atoms with Crippen molar-refractivity contribution in [3.63, 3.8) is 0 Å². The molecule has 149 heavy (non-hydrogen) atoms. The Morgan fingerprint density at radius 3 is 1.74 bits per heavy atom. The van der Waals surface area contributed by atoms with Crippen molar-refractivity contribution >= 4 is 62.6 Å². The third kappa shape index (κ3) is 33.1. The number of tetrazole rings is 5. The van der Waals surface area contributed by atoms with Crippen LogP contribution in [0, 0.1) is 60.7 Å². The molecule has 5 radical (unpaired) electrons. The van der Waals surface area contributed by atoms with Crippen LogP contribution in [0.4, 0.5) is 0 Å². The summed E-state index contributed by atoms with van der Waals surface area (Å²) in [5, 5.41) is 100. The van der Waals surface area contributed by atoms with E-state index in [-0.39, 0.29) is 177 Å². The largest absolute Gasteiger partial charge is 0.512 e. The number of nitrogens with zero attached hydrogens (tertiary/aromatic N) is 31. The number of carboxylic acid groups (broad SMARTS) is 1. The Hall–Kier alpha value is -14.7. The number of esters is 1. The Morgan fingerprint density at radius 1 is 0.544 bits per heavy atom. The zero-order chi connectivity index (χ0) is 98.4. The quantitative estimate of drug-likeness (QED) is 0.0202. The van der Waals surface area contributed by atoms with Crippen molar-refractivity contribution in [2.24, 2.45) is 24.8 Å². The number of aromatic carboxylic acids is 1. The molecule has 22 rings (SSSR count). The van der Waals surface area contributed by atoms with E-state index in [4.69, 9.17) is 24.3 Å². The van der Waals surface area contributed by atoms with Gasteiger partial charge in [-0.1, -0.05) is 216 Å². The number of ether oxygens (including phenoxy) is 1. The third-order valence-corrected chi connectivity index (χ3v) is 22.2. The van der Waals surface area contributed by atoms with Gasteiger partial charge in [0.25, 0.3) is 0 Å². The number of carbonyl (C=O) groups is 5. The first kappa shape index (κ1) is 125. The SMILES string of the molecule is C.C.C.C.CC(=O)C=C(C)O.CC(=O)C=C(C)O.CC1CCC(C)C1n1nnnc1-c1[c-]ccc(-c2ccccc2)c1.CC1CCCCC1n1nnnc1-c1[c-]con1.Cc1ccncc1-n1nnnc1-c1[c-]nncn1.Cn1ccnc1-c1[c-]cc2oc3ccccc3c2c1.O=C(O)c1ccccn1.O=C1COC(=O)C1n1nnnc1-n1[c-]cnc1.[Ir].[Ir].[Ir].[Ir].[Rh].[c-]1scnc1-c1nnnn1-c1ccccc1-c1ccccc1. The molecular weight excluding hydrogens is 2730 g/mol. The number of aryl methyl sites for hydroxylation is 2. The number of aliphatic hydroxyl groups is 2. The van der Waals surface area contributed by atoms with Gasteiger partial charge in [0.1, 0.15) is 29.4 Å². The number of imidazole rings is 2. The number of hydrogen-bond acceptors (Lipinski definition) is 35. The van der Waals surface area contributed by atoms with Gasteiger partial charge in [-0.05, 0) is 186 Å². The molecule has 3 fully saturated rings. The van der Waals surface area contributed by atoms with Crippen molar-refractivity contribution in [1.29, 1.82) is 0 Å². The number of rotatable bonds is 16. The fourth-order valence-corrected chi connectivity index (χ4v) is 15.7. The van der Waals surface area contributed by atoms with E-state index >= 15 is 0 Å². The van der Waals surface area contributed by atoms with Crippen molar-refractivity contribution < 1.29 is 153 Å². The maximum Gasteiger partial charge on any atom is 0.354 e. The molecule has 1 aliphatic heterocycles. The van der Waals surface area contributed by atoms with Crippen LogP contribution in [0.1, 0.15) is 151 Å². The molecule has 3 aliphatic rings. The van der Waals surface area contributed by atoms with Crippen LogP contribution in [0.15, 0.2) is 258 Å². The van der Waals surface area contributed by atoms with E-state index in [1.54, 1.807) is 45.6 Å². The molecule has 42 nitrogen and oxygen atoms in total. The molecule has 0 bridgehead atoms. The summed E-state index contributed by atoms with van der Waals surface area (Å²) in [5.41, 5.74) is 14.4. The predicted octanol–water partition coefficient (Wildman–Crippen LogP) is 17.1. The van der Waals surface area contributed by atoms with E-state index in [9.17, 15) is 24.0 Å². The summed E-state index contributed by atoms with van der Waals surface area (Å²) >= 11 is 1.40. The number of aliphatic hydroxyl groups excluding tert-OH is 2. The number of cyclic esters (lactones) is 1. The molecule has 0 spiro atoms. The number of thiazole rings is 1. The summed E-state index contributed by atoms with van der Waals surface area (Å²) in [6.07, 6.45) is 29.2. The van der Waals surface area contributed by atoms with Crippen LogP contribution in [0.3, 0.4) is 0 Å². The number of fused-ring (bicyclic) bond motifs is 3. The van der Waals surface area contributed by atoms with Gasteiger partial charge in [0.15, 0.2) is 18.2 Å². The number of pyridine rings is 2. The number of hydrogen-bond donors (Lipinski definition) is 3. The number of allylic oxidation sites excluding steroid dienone is 4. The Balaban J connectivity index is 0.000000299. The van der Waals surface area contributed by atoms with E-state index in [0.717, 1.165) is 89.4 Å². The number of Topliss-reactive ketones (excluding diaryl/α,β-unsaturated/α-hetero) is 1. The van der Waals surface area contributed by atoms with Crippen molar-refractivity contribution in [3.05, 3.63) is 296 Å². The average molecular weight is 2830 g/mol. The van der Waals surface area contributed by atoms with Crippen molar-refractivity contribution in [2.45, 2.75) is 142 Å². The summed E-state index contributed by atoms with van der Waals surface area (Å²) in [6.45, 7) is 14.2. The summed E-state index contributed by atoms with van der Waals surface area (Å²) in [6, 6.07) is 62.4. The van der Waals surface area contributed by atoms with Gasteiger partial charge in [0, 0.05) is 173 Å². The second-order valence-corrected chi connectivity index (χ2v) is 32.3. The number of carboxylic acids is 1.